The molecule has 1 aliphatic rings. The van der Waals surface area contributed by atoms with Gasteiger partial charge in [0.1, 0.15) is 36.8 Å². The molecule has 4 N–H and O–H groups in total. The third-order valence-electron chi connectivity index (χ3n) is 10.0. The number of esters is 2. The zero-order valence-corrected chi connectivity index (χ0v) is 35.6. The largest absolute Gasteiger partial charge is 0.462 e. The van der Waals surface area contributed by atoms with Crippen LogP contribution in [0.25, 0.3) is 0 Å². The van der Waals surface area contributed by atoms with E-state index in [1.54, 1.807) is 0 Å². The first-order valence-corrected chi connectivity index (χ1v) is 23.5. The van der Waals surface area contributed by atoms with Crippen LogP contribution in [0.15, 0.2) is 24.3 Å². The van der Waals surface area contributed by atoms with Crippen LogP contribution in [-0.4, -0.2) is 96.0 Å². The van der Waals surface area contributed by atoms with Crippen LogP contribution in [0.1, 0.15) is 181 Å². The standard InChI is InChI=1S/C43H78O12S/c1-3-5-7-9-11-13-15-17-18-20-22-24-26-28-30-32-39(45)54-36(34-53-43-42(48)41(47)40(46)37(55-43)35-56(49,50)51)33-52-38(44)31-29-27-25-23-21-19-16-14-12-10-8-6-4-2/h14,16-18,36-37,40-43,46-48H,3-13,15,19-35H2,1-2H3,(H,49,50,51)/b16-14-,18-17-. The first-order valence-electron chi connectivity index (χ1n) is 21.9. The lowest BCUT2D eigenvalue weighted by atomic mass is 10.00. The maximum atomic E-state index is 12.8. The van der Waals surface area contributed by atoms with Crippen molar-refractivity contribution >= 4 is 22.1 Å². The molecule has 0 aliphatic carbocycles. The van der Waals surface area contributed by atoms with Gasteiger partial charge < -0.3 is 34.3 Å². The molecule has 1 aliphatic heterocycles. The predicted molar refractivity (Wildman–Crippen MR) is 220 cm³/mol. The second-order valence-electron chi connectivity index (χ2n) is 15.4. The molecular weight excluding hydrogens is 741 g/mol. The average molecular weight is 819 g/mol. The van der Waals surface area contributed by atoms with Gasteiger partial charge in [-0.3, -0.25) is 14.1 Å². The Morgan fingerprint density at radius 1 is 0.589 bits per heavy atom. The Morgan fingerprint density at radius 2 is 1.02 bits per heavy atom. The van der Waals surface area contributed by atoms with E-state index in [9.17, 15) is 37.9 Å². The molecule has 1 heterocycles. The molecule has 1 fully saturated rings. The van der Waals surface area contributed by atoms with E-state index < -0.39 is 71.2 Å². The number of allylic oxidation sites excluding steroid dienone is 4. The SMILES string of the molecule is CCCCCC/C=C\CCCCCCCC(=O)OCC(COC1OC(CS(=O)(=O)O)C(O)C(O)C1O)OC(=O)CCCCCCC/C=C\CCCCCCCC. The molecule has 0 saturated carbocycles. The number of hydrogen-bond acceptors (Lipinski definition) is 11. The first kappa shape index (κ1) is 52.1. The van der Waals surface area contributed by atoms with Gasteiger partial charge in [-0.1, -0.05) is 128 Å². The monoisotopic (exact) mass is 819 g/mol. The minimum absolute atomic E-state index is 0.154. The molecule has 6 unspecified atom stereocenters. The highest BCUT2D eigenvalue weighted by Crippen LogP contribution is 2.24. The summed E-state index contributed by atoms with van der Waals surface area (Å²) in [5.74, 6) is -2.00. The van der Waals surface area contributed by atoms with Gasteiger partial charge in [0.15, 0.2) is 12.4 Å². The molecule has 12 nitrogen and oxygen atoms in total. The second kappa shape index (κ2) is 34.0. The average Bonchev–Trinajstić information content (AvgIpc) is 3.16. The Hall–Kier alpha value is -1.87. The van der Waals surface area contributed by atoms with E-state index >= 15 is 0 Å². The number of carbonyl (C=O) groups excluding carboxylic acids is 2. The van der Waals surface area contributed by atoms with Gasteiger partial charge in [0.2, 0.25) is 0 Å². The van der Waals surface area contributed by atoms with E-state index in [0.29, 0.717) is 12.8 Å². The zero-order valence-electron chi connectivity index (χ0n) is 34.7. The van der Waals surface area contributed by atoms with Crippen LogP contribution in [0, 0.1) is 0 Å². The Labute approximate surface area is 338 Å². The molecule has 1 saturated heterocycles. The Balaban J connectivity index is 2.48. The molecule has 328 valence electrons. The van der Waals surface area contributed by atoms with Crippen molar-refractivity contribution in [2.24, 2.45) is 0 Å². The number of hydrogen-bond donors (Lipinski definition) is 4. The lowest BCUT2D eigenvalue weighted by molar-refractivity contribution is -0.297. The lowest BCUT2D eigenvalue weighted by Gasteiger charge is -2.40. The summed E-state index contributed by atoms with van der Waals surface area (Å²) in [6.07, 6.45) is 26.5. The summed E-state index contributed by atoms with van der Waals surface area (Å²) < 4.78 is 54.0. The predicted octanol–water partition coefficient (Wildman–Crippen LogP) is 8.45. The molecule has 1 rings (SSSR count). The van der Waals surface area contributed by atoms with Crippen molar-refractivity contribution in [1.29, 1.82) is 0 Å². The Morgan fingerprint density at radius 3 is 1.50 bits per heavy atom. The maximum absolute atomic E-state index is 12.8. The molecule has 0 bridgehead atoms. The van der Waals surface area contributed by atoms with E-state index in [4.69, 9.17) is 18.9 Å². The summed E-state index contributed by atoms with van der Waals surface area (Å²) in [5.41, 5.74) is 0. The molecule has 6 atom stereocenters. The van der Waals surface area contributed by atoms with Crippen molar-refractivity contribution in [1.82, 2.24) is 0 Å². The van der Waals surface area contributed by atoms with E-state index in [0.717, 1.165) is 77.0 Å². The highest BCUT2D eigenvalue weighted by molar-refractivity contribution is 7.85. The van der Waals surface area contributed by atoms with Crippen molar-refractivity contribution in [3.05, 3.63) is 24.3 Å². The summed E-state index contributed by atoms with van der Waals surface area (Å²) in [7, 11) is -4.60. The molecule has 0 spiro atoms. The van der Waals surface area contributed by atoms with Crippen molar-refractivity contribution in [3.8, 4) is 0 Å². The first-order chi connectivity index (χ1) is 27.0. The van der Waals surface area contributed by atoms with Crippen LogP contribution in [0.2, 0.25) is 0 Å². The lowest BCUT2D eigenvalue weighted by Crippen LogP contribution is -2.60. The van der Waals surface area contributed by atoms with Crippen molar-refractivity contribution in [2.45, 2.75) is 218 Å². The fourth-order valence-corrected chi connectivity index (χ4v) is 7.24. The molecule has 0 aromatic heterocycles. The summed E-state index contributed by atoms with van der Waals surface area (Å²) >= 11 is 0. The summed E-state index contributed by atoms with van der Waals surface area (Å²) in [4.78, 5) is 25.3. The van der Waals surface area contributed by atoms with Crippen LogP contribution >= 0.6 is 0 Å². The number of aliphatic hydroxyl groups is 3. The van der Waals surface area contributed by atoms with Crippen LogP contribution in [0.3, 0.4) is 0 Å². The van der Waals surface area contributed by atoms with Crippen molar-refractivity contribution < 1.29 is 56.8 Å². The Kier molecular flexibility index (Phi) is 31.7. The van der Waals surface area contributed by atoms with Gasteiger partial charge in [-0.2, -0.15) is 8.42 Å². The fraction of sp³-hybridized carbons (Fsp3) is 0.860. The minimum Gasteiger partial charge on any atom is -0.462 e. The normalized spacial score (nSPS) is 20.9. The smallest absolute Gasteiger partial charge is 0.306 e. The van der Waals surface area contributed by atoms with Gasteiger partial charge in [-0.25, -0.2) is 0 Å². The van der Waals surface area contributed by atoms with Gasteiger partial charge in [0, 0.05) is 12.8 Å². The van der Waals surface area contributed by atoms with E-state index in [1.807, 2.05) is 0 Å². The Bertz CT molecular complexity index is 1140. The summed E-state index contributed by atoms with van der Waals surface area (Å²) in [6, 6.07) is 0. The highest BCUT2D eigenvalue weighted by atomic mass is 32.2. The summed E-state index contributed by atoms with van der Waals surface area (Å²) in [5, 5.41) is 30.8. The molecule has 0 aromatic carbocycles. The summed E-state index contributed by atoms with van der Waals surface area (Å²) in [6.45, 7) is 3.72. The molecule has 13 heteroatoms. The van der Waals surface area contributed by atoms with Crippen LogP contribution in [-0.2, 0) is 38.7 Å². The van der Waals surface area contributed by atoms with Crippen molar-refractivity contribution in [2.75, 3.05) is 19.0 Å². The molecular formula is C43H78O12S. The fourth-order valence-electron chi connectivity index (χ4n) is 6.55. The van der Waals surface area contributed by atoms with Crippen LogP contribution in [0.4, 0.5) is 0 Å². The number of rotatable bonds is 36. The third kappa shape index (κ3) is 28.5. The zero-order chi connectivity index (χ0) is 41.3. The van der Waals surface area contributed by atoms with Crippen LogP contribution < -0.4 is 0 Å². The topological polar surface area (TPSA) is 186 Å². The van der Waals surface area contributed by atoms with Gasteiger partial charge in [-0.15, -0.1) is 0 Å². The third-order valence-corrected chi connectivity index (χ3v) is 10.8. The van der Waals surface area contributed by atoms with Gasteiger partial charge in [-0.05, 0) is 64.2 Å². The van der Waals surface area contributed by atoms with E-state index in [2.05, 4.69) is 38.2 Å². The second-order valence-corrected chi connectivity index (χ2v) is 16.9. The quantitative estimate of drug-likeness (QED) is 0.0205. The number of carbonyl (C=O) groups is 2. The van der Waals surface area contributed by atoms with Crippen molar-refractivity contribution in [3.63, 3.8) is 0 Å². The van der Waals surface area contributed by atoms with Gasteiger partial charge in [0.05, 0.1) is 6.61 Å². The van der Waals surface area contributed by atoms with Crippen LogP contribution in [0.5, 0.6) is 0 Å². The van der Waals surface area contributed by atoms with Gasteiger partial charge in [0.25, 0.3) is 10.1 Å². The maximum Gasteiger partial charge on any atom is 0.306 e. The van der Waals surface area contributed by atoms with E-state index in [1.165, 1.54) is 64.2 Å². The number of aliphatic hydroxyl groups excluding tert-OH is 3. The van der Waals surface area contributed by atoms with E-state index in [-0.39, 0.29) is 19.4 Å². The highest BCUT2D eigenvalue weighted by Gasteiger charge is 2.46. The minimum atomic E-state index is -4.60. The number of ether oxygens (including phenoxy) is 4. The number of unbranched alkanes of at least 4 members (excludes halogenated alkanes) is 20. The molecule has 56 heavy (non-hydrogen) atoms. The molecule has 0 aromatic rings. The van der Waals surface area contributed by atoms with Gasteiger partial charge >= 0.3 is 11.9 Å². The molecule has 0 amide bonds. The molecule has 0 radical (unpaired) electrons.